The Morgan fingerprint density at radius 2 is 1.71 bits per heavy atom. The van der Waals surface area contributed by atoms with E-state index in [-0.39, 0.29) is 5.16 Å². The van der Waals surface area contributed by atoms with E-state index in [4.69, 9.17) is 11.8 Å². The van der Waals surface area contributed by atoms with E-state index in [0.717, 1.165) is 6.54 Å². The fourth-order valence-electron chi connectivity index (χ4n) is 1.66. The van der Waals surface area contributed by atoms with Gasteiger partial charge in [-0.1, -0.05) is 76.8 Å². The van der Waals surface area contributed by atoms with Crippen molar-refractivity contribution in [1.29, 1.82) is 0 Å². The van der Waals surface area contributed by atoms with Gasteiger partial charge in [-0.25, -0.2) is 0 Å². The molecule has 0 aliphatic carbocycles. The van der Waals surface area contributed by atoms with Crippen molar-refractivity contribution in [3.8, 4) is 0 Å². The summed E-state index contributed by atoms with van der Waals surface area (Å²) in [5.74, 6) is 0.628. The summed E-state index contributed by atoms with van der Waals surface area (Å²) < 4.78 is 0. The van der Waals surface area contributed by atoms with Gasteiger partial charge in [-0.15, -0.1) is 0 Å². The predicted molar refractivity (Wildman–Crippen MR) is 83.0 cm³/mol. The van der Waals surface area contributed by atoms with Crippen molar-refractivity contribution in [3.05, 3.63) is 30.3 Å². The average molecular weight is 269 g/mol. The van der Waals surface area contributed by atoms with Crippen LogP contribution < -0.4 is 10.4 Å². The van der Waals surface area contributed by atoms with Crippen LogP contribution in [0.25, 0.3) is 0 Å². The SMILES string of the molecule is CC(C)CN[P@](=S)(c1ccccc1)C(C)(C)C. The van der Waals surface area contributed by atoms with Crippen LogP contribution in [0, 0.1) is 5.92 Å². The molecule has 0 unspecified atom stereocenters. The summed E-state index contributed by atoms with van der Waals surface area (Å²) in [4.78, 5) is 0. The molecule has 1 aromatic carbocycles. The lowest BCUT2D eigenvalue weighted by atomic mass is 10.2. The molecule has 0 spiro atoms. The van der Waals surface area contributed by atoms with Crippen molar-refractivity contribution < 1.29 is 0 Å². The first-order valence-corrected chi connectivity index (χ1v) is 8.98. The van der Waals surface area contributed by atoms with Gasteiger partial charge in [0.1, 0.15) is 0 Å². The van der Waals surface area contributed by atoms with Crippen LogP contribution in [0.1, 0.15) is 34.6 Å². The Morgan fingerprint density at radius 3 is 2.12 bits per heavy atom. The van der Waals surface area contributed by atoms with Gasteiger partial charge in [0.2, 0.25) is 0 Å². The molecule has 0 saturated heterocycles. The molecule has 1 N–H and O–H groups in total. The maximum atomic E-state index is 6.02. The Kier molecular flexibility index (Phi) is 4.95. The number of hydrogen-bond donors (Lipinski definition) is 1. The van der Waals surface area contributed by atoms with Gasteiger partial charge in [0.15, 0.2) is 0 Å². The highest BCUT2D eigenvalue weighted by molar-refractivity contribution is 8.18. The maximum absolute atomic E-state index is 6.02. The third-order valence-electron chi connectivity index (χ3n) is 2.79. The third-order valence-corrected chi connectivity index (χ3v) is 8.99. The Hall–Kier alpha value is -0.170. The van der Waals surface area contributed by atoms with Crippen LogP contribution in [0.2, 0.25) is 0 Å². The van der Waals surface area contributed by atoms with Crippen LogP contribution in [-0.2, 0) is 11.8 Å². The van der Waals surface area contributed by atoms with E-state index < -0.39 is 6.19 Å². The van der Waals surface area contributed by atoms with Gasteiger partial charge in [0.05, 0.1) is 0 Å². The second-order valence-electron chi connectivity index (χ2n) is 5.87. The zero-order valence-electron chi connectivity index (χ0n) is 11.5. The number of benzene rings is 1. The molecule has 1 aromatic rings. The Balaban J connectivity index is 3.08. The molecule has 0 radical (unpaired) electrons. The zero-order chi connectivity index (χ0) is 13.1. The van der Waals surface area contributed by atoms with Crippen LogP contribution in [-0.4, -0.2) is 11.7 Å². The number of nitrogens with one attached hydrogen (secondary N) is 1. The van der Waals surface area contributed by atoms with E-state index in [0.29, 0.717) is 5.92 Å². The minimum atomic E-state index is -1.73. The van der Waals surface area contributed by atoms with Crippen LogP contribution in [0.4, 0.5) is 0 Å². The summed E-state index contributed by atoms with van der Waals surface area (Å²) in [7, 11) is 0. The molecule has 0 fully saturated rings. The molecular formula is C14H24NPS. The van der Waals surface area contributed by atoms with Crippen LogP contribution in [0.5, 0.6) is 0 Å². The van der Waals surface area contributed by atoms with Crippen molar-refractivity contribution in [2.45, 2.75) is 39.8 Å². The van der Waals surface area contributed by atoms with Crippen LogP contribution in [0.15, 0.2) is 30.3 Å². The molecule has 0 saturated carbocycles. The maximum Gasteiger partial charge on any atom is 0.0455 e. The number of rotatable bonds is 4. The summed E-state index contributed by atoms with van der Waals surface area (Å²) in [6, 6.07) is 10.5. The first-order chi connectivity index (χ1) is 7.77. The van der Waals surface area contributed by atoms with E-state index in [1.807, 2.05) is 6.07 Å². The smallest absolute Gasteiger partial charge is 0.0455 e. The van der Waals surface area contributed by atoms with E-state index in [9.17, 15) is 0 Å². The van der Waals surface area contributed by atoms with E-state index >= 15 is 0 Å². The van der Waals surface area contributed by atoms with Crippen molar-refractivity contribution >= 4 is 23.3 Å². The van der Waals surface area contributed by atoms with Gasteiger partial charge in [0, 0.05) is 17.9 Å². The third kappa shape index (κ3) is 3.64. The normalized spacial score (nSPS) is 15.9. The molecule has 1 atom stereocenters. The number of hydrogen-bond acceptors (Lipinski definition) is 1. The molecule has 0 aliphatic heterocycles. The monoisotopic (exact) mass is 269 g/mol. The quantitative estimate of drug-likeness (QED) is 0.835. The Bertz CT molecular complexity index is 392. The highest BCUT2D eigenvalue weighted by Crippen LogP contribution is 2.53. The Labute approximate surface area is 111 Å². The highest BCUT2D eigenvalue weighted by atomic mass is 32.4. The van der Waals surface area contributed by atoms with Crippen molar-refractivity contribution in [3.63, 3.8) is 0 Å². The summed E-state index contributed by atoms with van der Waals surface area (Å²) in [5.41, 5.74) is 0. The topological polar surface area (TPSA) is 12.0 Å². The molecule has 0 bridgehead atoms. The average Bonchev–Trinajstić information content (AvgIpc) is 2.25. The Morgan fingerprint density at radius 1 is 1.18 bits per heavy atom. The molecule has 1 nitrogen and oxygen atoms in total. The predicted octanol–water partition coefficient (Wildman–Crippen LogP) is 3.75. The first kappa shape index (κ1) is 14.9. The lowest BCUT2D eigenvalue weighted by molar-refractivity contribution is 0.628. The summed E-state index contributed by atoms with van der Waals surface area (Å²) >= 11 is 6.02. The lowest BCUT2D eigenvalue weighted by Crippen LogP contribution is -2.34. The van der Waals surface area contributed by atoms with Gasteiger partial charge in [-0.3, -0.25) is 5.09 Å². The summed E-state index contributed by atoms with van der Waals surface area (Å²) in [5, 5.41) is 5.08. The van der Waals surface area contributed by atoms with Gasteiger partial charge in [0.25, 0.3) is 0 Å². The second kappa shape index (κ2) is 5.65. The molecule has 3 heteroatoms. The standard InChI is InChI=1S/C14H24NPS/c1-12(2)11-15-16(17,14(3,4)5)13-9-7-6-8-10-13/h6-10,12H,11H2,1-5H3,(H,15,17)/t16-/m0/s1. The highest BCUT2D eigenvalue weighted by Gasteiger charge is 2.32. The molecule has 1 rings (SSSR count). The lowest BCUT2D eigenvalue weighted by Gasteiger charge is -2.37. The molecule has 0 heterocycles. The molecule has 17 heavy (non-hydrogen) atoms. The summed E-state index contributed by atoms with van der Waals surface area (Å²) in [6.45, 7) is 12.2. The van der Waals surface area contributed by atoms with Gasteiger partial charge < -0.3 is 0 Å². The molecule has 0 aromatic heterocycles. The second-order valence-corrected chi connectivity index (χ2v) is 10.9. The largest absolute Gasteiger partial charge is 0.285 e. The zero-order valence-corrected chi connectivity index (χ0v) is 13.2. The van der Waals surface area contributed by atoms with Crippen molar-refractivity contribution in [2.75, 3.05) is 6.54 Å². The molecule has 0 amide bonds. The van der Waals surface area contributed by atoms with Crippen molar-refractivity contribution in [2.24, 2.45) is 5.92 Å². The van der Waals surface area contributed by atoms with Gasteiger partial charge in [-0.2, -0.15) is 0 Å². The van der Waals surface area contributed by atoms with Gasteiger partial charge >= 0.3 is 0 Å². The van der Waals surface area contributed by atoms with Crippen LogP contribution >= 0.6 is 6.19 Å². The van der Waals surface area contributed by atoms with E-state index in [1.54, 1.807) is 0 Å². The molecular weight excluding hydrogens is 245 g/mol. The minimum absolute atomic E-state index is 0.110. The first-order valence-electron chi connectivity index (χ1n) is 6.18. The molecule has 96 valence electrons. The van der Waals surface area contributed by atoms with E-state index in [1.165, 1.54) is 5.30 Å². The minimum Gasteiger partial charge on any atom is -0.285 e. The van der Waals surface area contributed by atoms with Crippen molar-refractivity contribution in [1.82, 2.24) is 5.09 Å². The summed E-state index contributed by atoms with van der Waals surface area (Å²) in [6.07, 6.45) is -1.73. The fraction of sp³-hybridized carbons (Fsp3) is 0.571. The van der Waals surface area contributed by atoms with Gasteiger partial charge in [-0.05, 0) is 11.2 Å². The fourth-order valence-corrected chi connectivity index (χ4v) is 4.90. The molecule has 0 aliphatic rings. The van der Waals surface area contributed by atoms with Crippen LogP contribution in [0.3, 0.4) is 0 Å². The van der Waals surface area contributed by atoms with E-state index in [2.05, 4.69) is 64.0 Å².